The molecule has 0 aliphatic carbocycles. The number of nitrogens with zero attached hydrogens (tertiary/aromatic N) is 2. The van der Waals surface area contributed by atoms with E-state index in [0.717, 1.165) is 16.8 Å². The molecule has 0 bridgehead atoms. The van der Waals surface area contributed by atoms with Crippen LogP contribution < -0.4 is 10.5 Å². The molecule has 4 nitrogen and oxygen atoms in total. The number of halogens is 1. The van der Waals surface area contributed by atoms with Gasteiger partial charge in [0.1, 0.15) is 12.1 Å². The van der Waals surface area contributed by atoms with E-state index in [1.54, 1.807) is 19.2 Å². The van der Waals surface area contributed by atoms with E-state index >= 15 is 0 Å². The highest BCUT2D eigenvalue weighted by atomic mass is 19.1. The SMILES string of the molecule is COc1cc(CC(N)c2cc(F)ccc2C)ncn1. The maximum atomic E-state index is 13.3. The van der Waals surface area contributed by atoms with Crippen molar-refractivity contribution in [3.05, 3.63) is 53.2 Å². The predicted molar refractivity (Wildman–Crippen MR) is 70.4 cm³/mol. The molecule has 19 heavy (non-hydrogen) atoms. The quantitative estimate of drug-likeness (QED) is 0.916. The number of aryl methyl sites for hydroxylation is 1. The van der Waals surface area contributed by atoms with Crippen LogP contribution in [0.4, 0.5) is 4.39 Å². The van der Waals surface area contributed by atoms with Gasteiger partial charge in [0.15, 0.2) is 0 Å². The van der Waals surface area contributed by atoms with Gasteiger partial charge in [0.2, 0.25) is 5.88 Å². The van der Waals surface area contributed by atoms with Crippen LogP contribution in [0.15, 0.2) is 30.6 Å². The second-order valence-corrected chi connectivity index (χ2v) is 4.36. The molecule has 2 rings (SSSR count). The summed E-state index contributed by atoms with van der Waals surface area (Å²) in [5, 5.41) is 0. The second kappa shape index (κ2) is 5.75. The first-order valence-electron chi connectivity index (χ1n) is 5.96. The van der Waals surface area contributed by atoms with Crippen molar-refractivity contribution >= 4 is 0 Å². The molecule has 5 heteroatoms. The van der Waals surface area contributed by atoms with Crippen LogP contribution in [0, 0.1) is 12.7 Å². The Morgan fingerprint density at radius 2 is 2.11 bits per heavy atom. The van der Waals surface area contributed by atoms with Gasteiger partial charge in [-0.2, -0.15) is 0 Å². The lowest BCUT2D eigenvalue weighted by Crippen LogP contribution is -2.15. The lowest BCUT2D eigenvalue weighted by Gasteiger charge is -2.14. The highest BCUT2D eigenvalue weighted by Crippen LogP contribution is 2.20. The zero-order valence-corrected chi connectivity index (χ0v) is 10.9. The molecule has 0 fully saturated rings. The standard InChI is InChI=1S/C14H16FN3O/c1-9-3-4-10(15)5-12(9)13(16)6-11-7-14(19-2)18-8-17-11/h3-5,7-8,13H,6,16H2,1-2H3. The Hall–Kier alpha value is -2.01. The highest BCUT2D eigenvalue weighted by Gasteiger charge is 2.12. The molecular weight excluding hydrogens is 245 g/mol. The zero-order chi connectivity index (χ0) is 13.8. The van der Waals surface area contributed by atoms with Crippen molar-refractivity contribution in [2.75, 3.05) is 7.11 Å². The number of hydrogen-bond donors (Lipinski definition) is 1. The number of methoxy groups -OCH3 is 1. The van der Waals surface area contributed by atoms with Gasteiger partial charge < -0.3 is 10.5 Å². The minimum absolute atomic E-state index is 0.281. The summed E-state index contributed by atoms with van der Waals surface area (Å²) in [5.41, 5.74) is 8.64. The summed E-state index contributed by atoms with van der Waals surface area (Å²) in [4.78, 5) is 8.08. The van der Waals surface area contributed by atoms with Crippen LogP contribution in [0.5, 0.6) is 5.88 Å². The van der Waals surface area contributed by atoms with E-state index < -0.39 is 0 Å². The summed E-state index contributed by atoms with van der Waals surface area (Å²) in [6, 6.07) is 6.05. The fourth-order valence-electron chi connectivity index (χ4n) is 1.95. The number of aromatic nitrogens is 2. The number of nitrogens with two attached hydrogens (primary N) is 1. The number of benzene rings is 1. The molecule has 2 N–H and O–H groups in total. The van der Waals surface area contributed by atoms with Crippen LogP contribution in [0.1, 0.15) is 22.9 Å². The molecule has 0 saturated heterocycles. The van der Waals surface area contributed by atoms with Crippen molar-refractivity contribution in [1.29, 1.82) is 0 Å². The number of rotatable bonds is 4. The molecule has 1 aromatic heterocycles. The van der Waals surface area contributed by atoms with Crippen LogP contribution in [0.25, 0.3) is 0 Å². The van der Waals surface area contributed by atoms with E-state index in [2.05, 4.69) is 9.97 Å². The second-order valence-electron chi connectivity index (χ2n) is 4.36. The molecule has 2 aromatic rings. The first-order valence-corrected chi connectivity index (χ1v) is 5.96. The molecule has 0 aliphatic heterocycles. The van der Waals surface area contributed by atoms with Gasteiger partial charge in [-0.05, 0) is 30.2 Å². The topological polar surface area (TPSA) is 61.0 Å². The Bertz CT molecular complexity index is 574. The van der Waals surface area contributed by atoms with Crippen molar-refractivity contribution < 1.29 is 9.13 Å². The average molecular weight is 261 g/mol. The summed E-state index contributed by atoms with van der Waals surface area (Å²) in [7, 11) is 1.54. The monoisotopic (exact) mass is 261 g/mol. The lowest BCUT2D eigenvalue weighted by molar-refractivity contribution is 0.395. The van der Waals surface area contributed by atoms with Crippen LogP contribution >= 0.6 is 0 Å². The summed E-state index contributed by atoms with van der Waals surface area (Å²) in [5.74, 6) is 0.212. The largest absolute Gasteiger partial charge is 0.481 e. The van der Waals surface area contributed by atoms with E-state index in [1.807, 2.05) is 6.92 Å². The van der Waals surface area contributed by atoms with Gasteiger partial charge in [0.25, 0.3) is 0 Å². The van der Waals surface area contributed by atoms with E-state index in [9.17, 15) is 4.39 Å². The Morgan fingerprint density at radius 3 is 2.84 bits per heavy atom. The van der Waals surface area contributed by atoms with Crippen molar-refractivity contribution in [2.24, 2.45) is 5.73 Å². The van der Waals surface area contributed by atoms with Gasteiger partial charge in [-0.1, -0.05) is 6.07 Å². The molecule has 0 amide bonds. The van der Waals surface area contributed by atoms with Crippen LogP contribution in [-0.2, 0) is 6.42 Å². The van der Waals surface area contributed by atoms with Crippen LogP contribution in [-0.4, -0.2) is 17.1 Å². The minimum Gasteiger partial charge on any atom is -0.481 e. The molecule has 0 aliphatic rings. The minimum atomic E-state index is -0.310. The van der Waals surface area contributed by atoms with E-state index in [4.69, 9.17) is 10.5 Å². The number of hydrogen-bond acceptors (Lipinski definition) is 4. The van der Waals surface area contributed by atoms with Crippen molar-refractivity contribution in [3.63, 3.8) is 0 Å². The fraction of sp³-hybridized carbons (Fsp3) is 0.286. The Kier molecular flexibility index (Phi) is 4.06. The zero-order valence-electron chi connectivity index (χ0n) is 10.9. The summed E-state index contributed by atoms with van der Waals surface area (Å²) in [6.07, 6.45) is 1.93. The molecule has 1 unspecified atom stereocenters. The Labute approximate surface area is 111 Å². The van der Waals surface area contributed by atoms with Gasteiger partial charge in [0.05, 0.1) is 7.11 Å². The third-order valence-corrected chi connectivity index (χ3v) is 2.98. The van der Waals surface area contributed by atoms with Gasteiger partial charge in [0, 0.05) is 24.2 Å². The smallest absolute Gasteiger partial charge is 0.216 e. The summed E-state index contributed by atoms with van der Waals surface area (Å²) >= 11 is 0. The lowest BCUT2D eigenvalue weighted by atomic mass is 9.98. The predicted octanol–water partition coefficient (Wildman–Crippen LogP) is 2.18. The Balaban J connectivity index is 2.20. The number of ether oxygens (including phenoxy) is 1. The fourth-order valence-corrected chi connectivity index (χ4v) is 1.95. The summed E-state index contributed by atoms with van der Waals surface area (Å²) in [6.45, 7) is 1.91. The summed E-state index contributed by atoms with van der Waals surface area (Å²) < 4.78 is 18.3. The van der Waals surface area contributed by atoms with Crippen LogP contribution in [0.2, 0.25) is 0 Å². The highest BCUT2D eigenvalue weighted by molar-refractivity contribution is 5.30. The van der Waals surface area contributed by atoms with E-state index in [-0.39, 0.29) is 11.9 Å². The molecule has 1 aromatic carbocycles. The van der Waals surface area contributed by atoms with Gasteiger partial charge in [-0.15, -0.1) is 0 Å². The van der Waals surface area contributed by atoms with E-state index in [1.165, 1.54) is 18.5 Å². The first-order chi connectivity index (χ1) is 9.10. The third kappa shape index (κ3) is 3.26. The van der Waals surface area contributed by atoms with E-state index in [0.29, 0.717) is 12.3 Å². The van der Waals surface area contributed by atoms with Crippen LogP contribution in [0.3, 0.4) is 0 Å². The molecule has 0 radical (unpaired) electrons. The van der Waals surface area contributed by atoms with Crippen molar-refractivity contribution in [1.82, 2.24) is 9.97 Å². The average Bonchev–Trinajstić information content (AvgIpc) is 2.41. The third-order valence-electron chi connectivity index (χ3n) is 2.98. The van der Waals surface area contributed by atoms with Gasteiger partial charge in [-0.3, -0.25) is 0 Å². The molecule has 0 spiro atoms. The maximum Gasteiger partial charge on any atom is 0.216 e. The maximum absolute atomic E-state index is 13.3. The molecular formula is C14H16FN3O. The first kappa shape index (κ1) is 13.4. The van der Waals surface area contributed by atoms with Gasteiger partial charge in [-0.25, -0.2) is 14.4 Å². The van der Waals surface area contributed by atoms with Crippen molar-refractivity contribution in [2.45, 2.75) is 19.4 Å². The molecule has 0 saturated carbocycles. The van der Waals surface area contributed by atoms with Gasteiger partial charge >= 0.3 is 0 Å². The molecule has 1 atom stereocenters. The normalized spacial score (nSPS) is 12.2. The molecule has 100 valence electrons. The Morgan fingerprint density at radius 1 is 1.32 bits per heavy atom. The molecule has 1 heterocycles. The van der Waals surface area contributed by atoms with Crippen molar-refractivity contribution in [3.8, 4) is 5.88 Å².